The molecule has 0 saturated carbocycles. The van der Waals surface area contributed by atoms with Gasteiger partial charge in [0.15, 0.2) is 6.23 Å². The molecule has 0 aromatic heterocycles. The zero-order chi connectivity index (χ0) is 15.2. The smallest absolute Gasteiger partial charge is 0.405 e. The van der Waals surface area contributed by atoms with E-state index in [1.165, 1.54) is 0 Å². The predicted molar refractivity (Wildman–Crippen MR) is 81.5 cm³/mol. The summed E-state index contributed by atoms with van der Waals surface area (Å²) in [6.45, 7) is 1.07. The number of benzene rings is 1. The van der Waals surface area contributed by atoms with Gasteiger partial charge in [-0.05, 0) is 6.42 Å². The number of Topliss-reactive ketones (excluding diaryl/α,β-unsaturated/α-hetero) is 1. The van der Waals surface area contributed by atoms with E-state index in [0.29, 0.717) is 31.8 Å². The molecule has 0 N–H and O–H groups in total. The molecule has 1 aromatic carbocycles. The Bertz CT molecular complexity index is 495. The van der Waals surface area contributed by atoms with Gasteiger partial charge in [-0.1, -0.05) is 30.3 Å². The van der Waals surface area contributed by atoms with Crippen LogP contribution in [0.1, 0.15) is 24.6 Å². The fourth-order valence-electron chi connectivity index (χ4n) is 2.59. The molecule has 0 aliphatic carbocycles. The Morgan fingerprint density at radius 2 is 2.10 bits per heavy atom. The standard InChI is InChI=1S/C15H17Cl2NO3/c16-8-6-12-10-18(9-7-13(12)19)14(21-15(17)20)11-4-2-1-3-5-11/h1-5,12,14H,6-10H2. The summed E-state index contributed by atoms with van der Waals surface area (Å²) in [5, 5.41) is 0. The molecule has 1 aromatic rings. The van der Waals surface area contributed by atoms with Crippen molar-refractivity contribution in [2.45, 2.75) is 19.1 Å². The molecule has 0 amide bonds. The minimum atomic E-state index is -0.852. The maximum atomic E-state index is 11.9. The molecule has 1 saturated heterocycles. The number of rotatable bonds is 5. The van der Waals surface area contributed by atoms with Crippen molar-refractivity contribution < 1.29 is 14.3 Å². The second kappa shape index (κ2) is 7.78. The number of hydrogen-bond donors (Lipinski definition) is 0. The van der Waals surface area contributed by atoms with Gasteiger partial charge in [0.05, 0.1) is 0 Å². The first-order valence-corrected chi connectivity index (χ1v) is 7.77. The van der Waals surface area contributed by atoms with Crippen LogP contribution in [-0.2, 0) is 9.53 Å². The minimum absolute atomic E-state index is 0.114. The van der Waals surface area contributed by atoms with Gasteiger partial charge >= 0.3 is 5.43 Å². The SMILES string of the molecule is O=C(Cl)OC(c1ccccc1)N1CCC(=O)C(CCCl)C1. The van der Waals surface area contributed by atoms with E-state index in [0.717, 1.165) is 5.56 Å². The van der Waals surface area contributed by atoms with Crippen LogP contribution >= 0.6 is 23.2 Å². The zero-order valence-corrected chi connectivity index (χ0v) is 13.0. The van der Waals surface area contributed by atoms with Gasteiger partial charge in [0.25, 0.3) is 0 Å². The average molecular weight is 330 g/mol. The van der Waals surface area contributed by atoms with Crippen LogP contribution in [0, 0.1) is 5.92 Å². The fraction of sp³-hybridized carbons (Fsp3) is 0.467. The third-order valence-electron chi connectivity index (χ3n) is 3.63. The van der Waals surface area contributed by atoms with Crippen LogP contribution in [0.3, 0.4) is 0 Å². The summed E-state index contributed by atoms with van der Waals surface area (Å²) in [7, 11) is 0. The van der Waals surface area contributed by atoms with Crippen LogP contribution in [0.25, 0.3) is 0 Å². The summed E-state index contributed by atoms with van der Waals surface area (Å²) in [6, 6.07) is 9.37. The first-order valence-electron chi connectivity index (χ1n) is 6.85. The minimum Gasteiger partial charge on any atom is -0.430 e. The van der Waals surface area contributed by atoms with Gasteiger partial charge in [-0.2, -0.15) is 0 Å². The van der Waals surface area contributed by atoms with Gasteiger partial charge in [0.2, 0.25) is 0 Å². The summed E-state index contributed by atoms with van der Waals surface area (Å²) in [6.07, 6.45) is 0.500. The van der Waals surface area contributed by atoms with E-state index in [-0.39, 0.29) is 11.7 Å². The Labute approximate surface area is 134 Å². The Hall–Kier alpha value is -1.10. The third-order valence-corrected chi connectivity index (χ3v) is 3.94. The number of likely N-dealkylation sites (tertiary alicyclic amines) is 1. The van der Waals surface area contributed by atoms with Crippen molar-refractivity contribution in [3.05, 3.63) is 35.9 Å². The number of piperidine rings is 1. The monoisotopic (exact) mass is 329 g/mol. The number of ketones is 1. The van der Waals surface area contributed by atoms with Gasteiger partial charge in [-0.3, -0.25) is 9.69 Å². The maximum Gasteiger partial charge on any atom is 0.405 e. The second-order valence-electron chi connectivity index (χ2n) is 5.00. The molecular weight excluding hydrogens is 313 g/mol. The van der Waals surface area contributed by atoms with Crippen LogP contribution in [-0.4, -0.2) is 35.1 Å². The van der Waals surface area contributed by atoms with Crippen LogP contribution in [0.2, 0.25) is 0 Å². The largest absolute Gasteiger partial charge is 0.430 e. The van der Waals surface area contributed by atoms with Gasteiger partial charge in [-0.15, -0.1) is 11.6 Å². The summed E-state index contributed by atoms with van der Waals surface area (Å²) in [4.78, 5) is 25.0. The van der Waals surface area contributed by atoms with E-state index >= 15 is 0 Å². The van der Waals surface area contributed by atoms with Crippen molar-refractivity contribution in [3.63, 3.8) is 0 Å². The molecule has 0 bridgehead atoms. The highest BCUT2D eigenvalue weighted by Gasteiger charge is 2.33. The van der Waals surface area contributed by atoms with Crippen LogP contribution in [0.4, 0.5) is 4.79 Å². The molecule has 1 aliphatic heterocycles. The Kier molecular flexibility index (Phi) is 6.03. The number of hydrogen-bond acceptors (Lipinski definition) is 4. The summed E-state index contributed by atoms with van der Waals surface area (Å²) < 4.78 is 5.25. The van der Waals surface area contributed by atoms with E-state index in [2.05, 4.69) is 0 Å². The first kappa shape index (κ1) is 16.3. The van der Waals surface area contributed by atoms with E-state index in [4.69, 9.17) is 27.9 Å². The molecule has 2 rings (SSSR count). The summed E-state index contributed by atoms with van der Waals surface area (Å²) in [5.74, 6) is 0.544. The lowest BCUT2D eigenvalue weighted by Crippen LogP contribution is -2.43. The Balaban J connectivity index is 2.17. The van der Waals surface area contributed by atoms with Gasteiger partial charge < -0.3 is 4.74 Å². The number of carbonyl (C=O) groups excluding carboxylic acids is 2. The van der Waals surface area contributed by atoms with Crippen molar-refractivity contribution in [1.29, 1.82) is 0 Å². The molecule has 6 heteroatoms. The number of nitrogens with zero attached hydrogens (tertiary/aromatic N) is 1. The lowest BCUT2D eigenvalue weighted by atomic mass is 9.93. The molecule has 2 atom stereocenters. The Morgan fingerprint density at radius 3 is 2.71 bits per heavy atom. The van der Waals surface area contributed by atoms with Crippen molar-refractivity contribution in [1.82, 2.24) is 4.90 Å². The van der Waals surface area contributed by atoms with Crippen molar-refractivity contribution in [3.8, 4) is 0 Å². The molecule has 0 spiro atoms. The normalized spacial score (nSPS) is 21.0. The van der Waals surface area contributed by atoms with Crippen LogP contribution in [0.15, 0.2) is 30.3 Å². The average Bonchev–Trinajstić information content (AvgIpc) is 2.48. The van der Waals surface area contributed by atoms with Crippen molar-refractivity contribution >= 4 is 34.4 Å². The van der Waals surface area contributed by atoms with Crippen LogP contribution in [0.5, 0.6) is 0 Å². The van der Waals surface area contributed by atoms with Gasteiger partial charge in [0, 0.05) is 48.5 Å². The highest BCUT2D eigenvalue weighted by Crippen LogP contribution is 2.28. The molecule has 2 unspecified atom stereocenters. The van der Waals surface area contributed by atoms with E-state index < -0.39 is 11.7 Å². The van der Waals surface area contributed by atoms with Crippen molar-refractivity contribution in [2.24, 2.45) is 5.92 Å². The lowest BCUT2D eigenvalue weighted by molar-refractivity contribution is -0.129. The van der Waals surface area contributed by atoms with E-state index in [1.54, 1.807) is 0 Å². The lowest BCUT2D eigenvalue weighted by Gasteiger charge is -2.36. The van der Waals surface area contributed by atoms with Crippen molar-refractivity contribution in [2.75, 3.05) is 19.0 Å². The molecule has 4 nitrogen and oxygen atoms in total. The molecule has 21 heavy (non-hydrogen) atoms. The Morgan fingerprint density at radius 1 is 1.38 bits per heavy atom. The molecule has 1 fully saturated rings. The molecular formula is C15H17Cl2NO3. The number of halogens is 2. The quantitative estimate of drug-likeness (QED) is 0.611. The third kappa shape index (κ3) is 4.43. The second-order valence-corrected chi connectivity index (χ2v) is 5.69. The predicted octanol–water partition coefficient (Wildman–Crippen LogP) is 3.58. The number of carbonyl (C=O) groups is 2. The molecule has 0 radical (unpaired) electrons. The maximum absolute atomic E-state index is 11.9. The highest BCUT2D eigenvalue weighted by atomic mass is 35.5. The highest BCUT2D eigenvalue weighted by molar-refractivity contribution is 6.61. The fourth-order valence-corrected chi connectivity index (χ4v) is 2.94. The topological polar surface area (TPSA) is 46.6 Å². The van der Waals surface area contributed by atoms with E-state index in [9.17, 15) is 9.59 Å². The first-order chi connectivity index (χ1) is 10.1. The van der Waals surface area contributed by atoms with E-state index in [1.807, 2.05) is 35.2 Å². The van der Waals surface area contributed by atoms with Crippen LogP contribution < -0.4 is 0 Å². The molecule has 1 heterocycles. The molecule has 1 aliphatic rings. The summed E-state index contributed by atoms with van der Waals surface area (Å²) in [5.41, 5.74) is -0.0138. The van der Waals surface area contributed by atoms with Gasteiger partial charge in [0.1, 0.15) is 5.78 Å². The summed E-state index contributed by atoms with van der Waals surface area (Å²) >= 11 is 11.1. The zero-order valence-electron chi connectivity index (χ0n) is 11.5. The number of ether oxygens (including phenoxy) is 1. The van der Waals surface area contributed by atoms with Gasteiger partial charge in [-0.25, -0.2) is 4.79 Å². The molecule has 114 valence electrons. The number of alkyl halides is 1.